The van der Waals surface area contributed by atoms with Crippen molar-refractivity contribution in [1.29, 1.82) is 0 Å². The number of nitrogens with zero attached hydrogens (tertiary/aromatic N) is 1. The summed E-state index contributed by atoms with van der Waals surface area (Å²) in [5.41, 5.74) is 1.70. The lowest BCUT2D eigenvalue weighted by Crippen LogP contribution is -2.35. The van der Waals surface area contributed by atoms with E-state index in [0.29, 0.717) is 19.4 Å². The number of para-hydroxylation sites is 1. The maximum Gasteiger partial charge on any atom is 0.243 e. The monoisotopic (exact) mass is 418 g/mol. The molecular weight excluding hydrogens is 396 g/mol. The highest BCUT2D eigenvalue weighted by atomic mass is 79.9. The lowest BCUT2D eigenvalue weighted by atomic mass is 10.2. The zero-order valence-electron chi connectivity index (χ0n) is 15.0. The van der Waals surface area contributed by atoms with E-state index in [0.717, 1.165) is 21.5 Å². The van der Waals surface area contributed by atoms with Gasteiger partial charge in [0.1, 0.15) is 5.75 Å². The largest absolute Gasteiger partial charge is 0.494 e. The topological polar surface area (TPSA) is 58.6 Å². The van der Waals surface area contributed by atoms with E-state index in [1.165, 1.54) is 4.90 Å². The molecule has 1 N–H and O–H groups in total. The lowest BCUT2D eigenvalue weighted by Gasteiger charge is -2.17. The molecule has 0 saturated carbocycles. The normalized spacial score (nSPS) is 10.3. The number of rotatable bonds is 8. The van der Waals surface area contributed by atoms with E-state index >= 15 is 0 Å². The lowest BCUT2D eigenvalue weighted by molar-refractivity contribution is -0.133. The van der Waals surface area contributed by atoms with Crippen LogP contribution in [0.1, 0.15) is 18.4 Å². The molecule has 2 amide bonds. The molecule has 0 fully saturated rings. The number of ether oxygens (including phenoxy) is 1. The van der Waals surface area contributed by atoms with E-state index < -0.39 is 0 Å². The van der Waals surface area contributed by atoms with E-state index in [4.69, 9.17) is 4.74 Å². The van der Waals surface area contributed by atoms with Crippen LogP contribution in [0.3, 0.4) is 0 Å². The Morgan fingerprint density at radius 3 is 2.58 bits per heavy atom. The van der Waals surface area contributed by atoms with Gasteiger partial charge >= 0.3 is 0 Å². The molecule has 6 heteroatoms. The van der Waals surface area contributed by atoms with Gasteiger partial charge in [0.05, 0.1) is 13.2 Å². The molecule has 0 saturated heterocycles. The van der Waals surface area contributed by atoms with E-state index in [9.17, 15) is 9.59 Å². The highest BCUT2D eigenvalue weighted by Crippen LogP contribution is 2.20. The van der Waals surface area contributed by atoms with E-state index in [1.54, 1.807) is 7.05 Å². The average Bonchev–Trinajstić information content (AvgIpc) is 2.61. The van der Waals surface area contributed by atoms with Crippen molar-refractivity contribution >= 4 is 33.4 Å². The molecule has 0 aromatic heterocycles. The minimum absolute atomic E-state index is 0.0217. The van der Waals surface area contributed by atoms with Crippen LogP contribution in [0.2, 0.25) is 0 Å². The second-order valence-corrected chi connectivity index (χ2v) is 6.94. The summed E-state index contributed by atoms with van der Waals surface area (Å²) in [4.78, 5) is 25.7. The Labute approximate surface area is 162 Å². The molecule has 0 radical (unpaired) electrons. The summed E-state index contributed by atoms with van der Waals surface area (Å²) >= 11 is 3.39. The number of hydrogen-bond donors (Lipinski definition) is 1. The number of carbonyl (C=O) groups excluding carboxylic acids is 2. The number of anilines is 1. The Morgan fingerprint density at radius 1 is 1.15 bits per heavy atom. The Balaban J connectivity index is 1.71. The Bertz CT molecular complexity index is 750. The summed E-state index contributed by atoms with van der Waals surface area (Å²) in [6, 6.07) is 15.1. The van der Waals surface area contributed by atoms with Gasteiger partial charge in [-0.3, -0.25) is 9.59 Å². The van der Waals surface area contributed by atoms with Crippen LogP contribution in [-0.2, 0) is 9.59 Å². The molecule has 0 heterocycles. The van der Waals surface area contributed by atoms with Crippen molar-refractivity contribution in [3.05, 3.63) is 58.6 Å². The number of amides is 2. The molecule has 0 bridgehead atoms. The first-order valence-electron chi connectivity index (χ1n) is 8.43. The fraction of sp³-hybridized carbons (Fsp3) is 0.300. The molecule has 0 atom stereocenters. The number of aryl methyl sites for hydroxylation is 1. The van der Waals surface area contributed by atoms with Gasteiger partial charge in [-0.1, -0.05) is 34.1 Å². The maximum atomic E-state index is 12.1. The number of benzene rings is 2. The number of nitrogens with one attached hydrogen (secondary N) is 1. The SMILES string of the molecule is Cc1cc(Br)ccc1NC(=O)CN(C)C(=O)CCCOc1ccccc1. The predicted molar refractivity (Wildman–Crippen MR) is 106 cm³/mol. The van der Waals surface area contributed by atoms with Crippen LogP contribution in [0.15, 0.2) is 53.0 Å². The van der Waals surface area contributed by atoms with Crippen LogP contribution in [0.5, 0.6) is 5.75 Å². The fourth-order valence-electron chi connectivity index (χ4n) is 2.38. The van der Waals surface area contributed by atoms with Crippen LogP contribution in [0.4, 0.5) is 5.69 Å². The molecule has 0 aliphatic carbocycles. The molecule has 5 nitrogen and oxygen atoms in total. The van der Waals surface area contributed by atoms with Crippen LogP contribution in [-0.4, -0.2) is 36.9 Å². The summed E-state index contributed by atoms with van der Waals surface area (Å²) in [6.45, 7) is 2.41. The maximum absolute atomic E-state index is 12.1. The number of hydrogen-bond acceptors (Lipinski definition) is 3. The van der Waals surface area contributed by atoms with Gasteiger partial charge in [0, 0.05) is 23.6 Å². The fourth-order valence-corrected chi connectivity index (χ4v) is 2.86. The molecule has 0 aliphatic heterocycles. The molecule has 2 rings (SSSR count). The number of halogens is 1. The quantitative estimate of drug-likeness (QED) is 0.658. The summed E-state index contributed by atoms with van der Waals surface area (Å²) in [5.74, 6) is 0.494. The zero-order chi connectivity index (χ0) is 18.9. The second-order valence-electron chi connectivity index (χ2n) is 6.02. The van der Waals surface area contributed by atoms with Crippen LogP contribution in [0.25, 0.3) is 0 Å². The molecular formula is C20H23BrN2O3. The van der Waals surface area contributed by atoms with Crippen molar-refractivity contribution in [2.75, 3.05) is 25.5 Å². The van der Waals surface area contributed by atoms with Gasteiger partial charge in [0.15, 0.2) is 0 Å². The molecule has 2 aromatic carbocycles. The molecule has 26 heavy (non-hydrogen) atoms. The van der Waals surface area contributed by atoms with Crippen molar-refractivity contribution in [2.24, 2.45) is 0 Å². The molecule has 138 valence electrons. The summed E-state index contributed by atoms with van der Waals surface area (Å²) in [5, 5.41) is 2.83. The molecule has 0 spiro atoms. The van der Waals surface area contributed by atoms with Gasteiger partial charge in [-0.2, -0.15) is 0 Å². The first-order valence-corrected chi connectivity index (χ1v) is 9.23. The third-order valence-corrected chi connectivity index (χ3v) is 4.31. The standard InChI is InChI=1S/C20H23BrN2O3/c1-15-13-16(21)10-11-18(15)22-19(24)14-23(2)20(25)9-6-12-26-17-7-4-3-5-8-17/h3-5,7-8,10-11,13H,6,9,12,14H2,1-2H3,(H,22,24). The minimum atomic E-state index is -0.216. The second kappa shape index (κ2) is 9.97. The van der Waals surface area contributed by atoms with Crippen molar-refractivity contribution in [3.63, 3.8) is 0 Å². The minimum Gasteiger partial charge on any atom is -0.494 e. The number of carbonyl (C=O) groups is 2. The van der Waals surface area contributed by atoms with Gasteiger partial charge in [-0.25, -0.2) is 0 Å². The third kappa shape index (κ3) is 6.52. The summed E-state index contributed by atoms with van der Waals surface area (Å²) in [6.07, 6.45) is 0.944. The molecule has 0 unspecified atom stereocenters. The first-order chi connectivity index (χ1) is 12.5. The third-order valence-electron chi connectivity index (χ3n) is 3.82. The Hall–Kier alpha value is -2.34. The van der Waals surface area contributed by atoms with Gasteiger partial charge in [-0.15, -0.1) is 0 Å². The summed E-state index contributed by atoms with van der Waals surface area (Å²) < 4.78 is 6.52. The zero-order valence-corrected chi connectivity index (χ0v) is 16.6. The Morgan fingerprint density at radius 2 is 1.88 bits per heavy atom. The highest BCUT2D eigenvalue weighted by Gasteiger charge is 2.13. The average molecular weight is 419 g/mol. The smallest absolute Gasteiger partial charge is 0.243 e. The van der Waals surface area contributed by atoms with Crippen molar-refractivity contribution in [3.8, 4) is 5.75 Å². The van der Waals surface area contributed by atoms with Gasteiger partial charge in [0.2, 0.25) is 11.8 Å². The molecule has 0 aliphatic rings. The van der Waals surface area contributed by atoms with Crippen LogP contribution in [0, 0.1) is 6.92 Å². The van der Waals surface area contributed by atoms with Crippen LogP contribution < -0.4 is 10.1 Å². The number of likely N-dealkylation sites (N-methyl/N-ethyl adjacent to an activating group) is 1. The van der Waals surface area contributed by atoms with Gasteiger partial charge in [0.25, 0.3) is 0 Å². The van der Waals surface area contributed by atoms with Crippen LogP contribution >= 0.6 is 15.9 Å². The van der Waals surface area contributed by atoms with Crippen molar-refractivity contribution in [1.82, 2.24) is 4.90 Å². The van der Waals surface area contributed by atoms with E-state index in [1.807, 2.05) is 55.5 Å². The Kier molecular flexibility index (Phi) is 7.66. The molecule has 2 aromatic rings. The van der Waals surface area contributed by atoms with E-state index in [2.05, 4.69) is 21.2 Å². The van der Waals surface area contributed by atoms with Gasteiger partial charge < -0.3 is 15.0 Å². The van der Waals surface area contributed by atoms with Gasteiger partial charge in [-0.05, 0) is 49.2 Å². The predicted octanol–water partition coefficient (Wildman–Crippen LogP) is 4.01. The summed E-state index contributed by atoms with van der Waals surface area (Å²) in [7, 11) is 1.63. The first kappa shape index (κ1) is 20.0. The van der Waals surface area contributed by atoms with Crippen molar-refractivity contribution < 1.29 is 14.3 Å². The van der Waals surface area contributed by atoms with E-state index in [-0.39, 0.29) is 18.4 Å². The highest BCUT2D eigenvalue weighted by molar-refractivity contribution is 9.10. The van der Waals surface area contributed by atoms with Crippen molar-refractivity contribution in [2.45, 2.75) is 19.8 Å².